The van der Waals surface area contributed by atoms with E-state index in [0.717, 1.165) is 24.3 Å². The number of halogens is 1. The van der Waals surface area contributed by atoms with Gasteiger partial charge in [0.25, 0.3) is 0 Å². The maximum Gasteiger partial charge on any atom is 0.309 e. The van der Waals surface area contributed by atoms with Crippen molar-refractivity contribution in [2.75, 3.05) is 0 Å². The lowest BCUT2D eigenvalue weighted by Crippen LogP contribution is -2.67. The highest BCUT2D eigenvalue weighted by molar-refractivity contribution is 6.30. The van der Waals surface area contributed by atoms with E-state index in [-0.39, 0.29) is 10.8 Å². The molecule has 2 bridgehead atoms. The van der Waals surface area contributed by atoms with E-state index in [1.165, 1.54) is 5.56 Å². The molecule has 0 aliphatic heterocycles. The molecule has 3 aliphatic carbocycles. The zero-order chi connectivity index (χ0) is 10.7. The summed E-state index contributed by atoms with van der Waals surface area (Å²) in [7, 11) is 0. The first-order chi connectivity index (χ1) is 7.06. The Balaban J connectivity index is 1.84. The number of hydrogen-bond donors (Lipinski definition) is 1. The van der Waals surface area contributed by atoms with Crippen LogP contribution in [0.2, 0.25) is 5.02 Å². The van der Waals surface area contributed by atoms with E-state index >= 15 is 0 Å². The predicted octanol–water partition coefficient (Wildman–Crippen LogP) is 2.85. The van der Waals surface area contributed by atoms with E-state index in [1.807, 2.05) is 24.3 Å². The monoisotopic (exact) mass is 222 g/mol. The number of carboxylic acids is 1. The second kappa shape index (κ2) is 2.56. The lowest BCUT2D eigenvalue weighted by atomic mass is 9.33. The van der Waals surface area contributed by atoms with Crippen LogP contribution in [0.25, 0.3) is 0 Å². The molecule has 0 radical (unpaired) electrons. The summed E-state index contributed by atoms with van der Waals surface area (Å²) in [4.78, 5) is 10.9. The number of rotatable bonds is 2. The average molecular weight is 223 g/mol. The molecule has 3 saturated carbocycles. The smallest absolute Gasteiger partial charge is 0.309 e. The highest BCUT2D eigenvalue weighted by Crippen LogP contribution is 2.73. The number of benzene rings is 1. The molecule has 0 amide bonds. The van der Waals surface area contributed by atoms with Crippen LogP contribution in [-0.2, 0) is 10.2 Å². The first kappa shape index (κ1) is 9.22. The Morgan fingerprint density at radius 3 is 2.20 bits per heavy atom. The molecule has 4 rings (SSSR count). The van der Waals surface area contributed by atoms with Gasteiger partial charge in [0.05, 0.1) is 5.41 Å². The molecule has 3 heteroatoms. The fraction of sp³-hybridized carbons (Fsp3) is 0.417. The maximum absolute atomic E-state index is 10.9. The van der Waals surface area contributed by atoms with Crippen molar-refractivity contribution < 1.29 is 9.90 Å². The summed E-state index contributed by atoms with van der Waals surface area (Å²) >= 11 is 5.82. The van der Waals surface area contributed by atoms with E-state index < -0.39 is 5.97 Å². The SMILES string of the molecule is O=C(O)C12CC(c3ccc(Cl)cc3)(C1)C2. The molecule has 0 aromatic heterocycles. The standard InChI is InChI=1S/C12H11ClO2/c13-9-3-1-8(2-4-9)11-5-12(6-11,7-11)10(14)15/h1-4H,5-7H2,(H,14,15). The van der Waals surface area contributed by atoms with Crippen LogP contribution in [0.3, 0.4) is 0 Å². The van der Waals surface area contributed by atoms with Gasteiger partial charge in [0.15, 0.2) is 0 Å². The third-order valence-electron chi connectivity index (χ3n) is 3.94. The molecule has 1 N–H and O–H groups in total. The summed E-state index contributed by atoms with van der Waals surface area (Å²) in [5.74, 6) is -0.627. The second-order valence-corrected chi connectivity index (χ2v) is 5.34. The van der Waals surface area contributed by atoms with Gasteiger partial charge in [-0.2, -0.15) is 0 Å². The molecule has 3 aliphatic rings. The fourth-order valence-electron chi connectivity index (χ4n) is 3.12. The van der Waals surface area contributed by atoms with Crippen LogP contribution in [0.4, 0.5) is 0 Å². The Kier molecular flexibility index (Phi) is 1.57. The molecule has 15 heavy (non-hydrogen) atoms. The van der Waals surface area contributed by atoms with Gasteiger partial charge in [-0.15, -0.1) is 0 Å². The summed E-state index contributed by atoms with van der Waals surface area (Å²) < 4.78 is 0. The molecule has 1 aromatic rings. The van der Waals surface area contributed by atoms with Gasteiger partial charge < -0.3 is 5.11 Å². The molecule has 3 fully saturated rings. The largest absolute Gasteiger partial charge is 0.481 e. The summed E-state index contributed by atoms with van der Waals surface area (Å²) in [6.07, 6.45) is 2.41. The first-order valence-electron chi connectivity index (χ1n) is 5.06. The van der Waals surface area contributed by atoms with Gasteiger partial charge in [-0.25, -0.2) is 0 Å². The van der Waals surface area contributed by atoms with Gasteiger partial charge in [0.1, 0.15) is 0 Å². The molecule has 0 spiro atoms. The molecular weight excluding hydrogens is 212 g/mol. The Bertz CT molecular complexity index is 416. The van der Waals surface area contributed by atoms with E-state index in [2.05, 4.69) is 0 Å². The van der Waals surface area contributed by atoms with E-state index in [9.17, 15) is 4.79 Å². The minimum atomic E-state index is -0.627. The first-order valence-corrected chi connectivity index (χ1v) is 5.44. The van der Waals surface area contributed by atoms with Crippen LogP contribution in [0, 0.1) is 5.41 Å². The van der Waals surface area contributed by atoms with Crippen molar-refractivity contribution >= 4 is 17.6 Å². The normalized spacial score (nSPS) is 36.6. The van der Waals surface area contributed by atoms with Crippen LogP contribution in [0.1, 0.15) is 24.8 Å². The van der Waals surface area contributed by atoms with E-state index in [4.69, 9.17) is 16.7 Å². The topological polar surface area (TPSA) is 37.3 Å². The molecule has 0 saturated heterocycles. The van der Waals surface area contributed by atoms with Gasteiger partial charge in [0.2, 0.25) is 0 Å². The lowest BCUT2D eigenvalue weighted by Gasteiger charge is -2.68. The highest BCUT2D eigenvalue weighted by Gasteiger charge is 2.72. The van der Waals surface area contributed by atoms with Crippen molar-refractivity contribution in [2.24, 2.45) is 5.41 Å². The van der Waals surface area contributed by atoms with Gasteiger partial charge >= 0.3 is 5.97 Å². The number of carboxylic acid groups (broad SMARTS) is 1. The van der Waals surface area contributed by atoms with Crippen molar-refractivity contribution in [3.8, 4) is 0 Å². The van der Waals surface area contributed by atoms with Crippen LogP contribution < -0.4 is 0 Å². The minimum absolute atomic E-state index is 0.156. The molecule has 2 nitrogen and oxygen atoms in total. The van der Waals surface area contributed by atoms with E-state index in [0.29, 0.717) is 0 Å². The van der Waals surface area contributed by atoms with Crippen molar-refractivity contribution in [1.29, 1.82) is 0 Å². The zero-order valence-corrected chi connectivity index (χ0v) is 8.92. The predicted molar refractivity (Wildman–Crippen MR) is 57.0 cm³/mol. The van der Waals surface area contributed by atoms with Crippen molar-refractivity contribution in [3.63, 3.8) is 0 Å². The Hall–Kier alpha value is -1.02. The number of aliphatic carboxylic acids is 1. The fourth-order valence-corrected chi connectivity index (χ4v) is 3.25. The van der Waals surface area contributed by atoms with Gasteiger partial charge in [-0.3, -0.25) is 4.79 Å². The van der Waals surface area contributed by atoms with Crippen LogP contribution in [-0.4, -0.2) is 11.1 Å². The number of hydrogen-bond acceptors (Lipinski definition) is 1. The summed E-state index contributed by atoms with van der Waals surface area (Å²) in [6, 6.07) is 7.80. The molecule has 0 unspecified atom stereocenters. The van der Waals surface area contributed by atoms with Crippen LogP contribution in [0.15, 0.2) is 24.3 Å². The minimum Gasteiger partial charge on any atom is -0.481 e. The quantitative estimate of drug-likeness (QED) is 0.836. The highest BCUT2D eigenvalue weighted by atomic mass is 35.5. The number of carbonyl (C=O) groups is 1. The third-order valence-corrected chi connectivity index (χ3v) is 4.19. The average Bonchev–Trinajstić information content (AvgIpc) is 2.02. The molecule has 1 aromatic carbocycles. The van der Waals surface area contributed by atoms with Crippen LogP contribution >= 0.6 is 11.6 Å². The zero-order valence-electron chi connectivity index (χ0n) is 8.16. The molecule has 78 valence electrons. The third kappa shape index (κ3) is 1.03. The molecule has 0 heterocycles. The molecule has 0 atom stereocenters. The van der Waals surface area contributed by atoms with E-state index in [1.54, 1.807) is 0 Å². The molecular formula is C12H11ClO2. The Labute approximate surface area is 92.9 Å². The Morgan fingerprint density at radius 1 is 1.20 bits per heavy atom. The van der Waals surface area contributed by atoms with Crippen molar-refractivity contribution in [1.82, 2.24) is 0 Å². The van der Waals surface area contributed by atoms with Gasteiger partial charge in [0, 0.05) is 5.02 Å². The lowest BCUT2D eigenvalue weighted by molar-refractivity contribution is -0.194. The van der Waals surface area contributed by atoms with Crippen molar-refractivity contribution in [2.45, 2.75) is 24.7 Å². The Morgan fingerprint density at radius 2 is 1.73 bits per heavy atom. The summed E-state index contributed by atoms with van der Waals surface area (Å²) in [5, 5.41) is 9.75. The van der Waals surface area contributed by atoms with Gasteiger partial charge in [-0.05, 0) is 42.4 Å². The second-order valence-electron chi connectivity index (χ2n) is 4.90. The summed E-state index contributed by atoms with van der Waals surface area (Å²) in [5.41, 5.74) is 1.01. The van der Waals surface area contributed by atoms with Crippen LogP contribution in [0.5, 0.6) is 0 Å². The summed E-state index contributed by atoms with van der Waals surface area (Å²) in [6.45, 7) is 0. The van der Waals surface area contributed by atoms with Crippen molar-refractivity contribution in [3.05, 3.63) is 34.9 Å². The van der Waals surface area contributed by atoms with Gasteiger partial charge in [-0.1, -0.05) is 23.7 Å². The maximum atomic E-state index is 10.9.